The highest BCUT2D eigenvalue weighted by molar-refractivity contribution is 5.30. The predicted octanol–water partition coefficient (Wildman–Crippen LogP) is 2.79. The minimum absolute atomic E-state index is 0.289. The summed E-state index contributed by atoms with van der Waals surface area (Å²) in [6.07, 6.45) is 5.31. The molecular weight excluding hydrogens is 234 g/mol. The highest BCUT2D eigenvalue weighted by Crippen LogP contribution is 2.28. The third-order valence-electron chi connectivity index (χ3n) is 4.07. The number of benzene rings is 1. The van der Waals surface area contributed by atoms with Crippen LogP contribution in [0.1, 0.15) is 23.2 Å². The van der Waals surface area contributed by atoms with Crippen LogP contribution in [0.25, 0.3) is 0 Å². The standard InChI is InChI=1S/C17H19NO/c19-17(12-16-7-3-4-10-18-16)15-9-8-13-5-1-2-6-14(13)11-15/h1-7,10,15,17,19H,8-9,11-12H2. The molecule has 2 atom stereocenters. The second kappa shape index (κ2) is 5.54. The first-order valence-electron chi connectivity index (χ1n) is 6.97. The van der Waals surface area contributed by atoms with Gasteiger partial charge in [0.15, 0.2) is 0 Å². The van der Waals surface area contributed by atoms with Gasteiger partial charge in [-0.05, 0) is 48.4 Å². The third kappa shape index (κ3) is 2.85. The van der Waals surface area contributed by atoms with E-state index in [0.717, 1.165) is 25.0 Å². The van der Waals surface area contributed by atoms with Crippen molar-refractivity contribution in [3.63, 3.8) is 0 Å². The van der Waals surface area contributed by atoms with E-state index in [0.29, 0.717) is 12.3 Å². The lowest BCUT2D eigenvalue weighted by atomic mass is 9.80. The van der Waals surface area contributed by atoms with E-state index in [1.165, 1.54) is 11.1 Å². The van der Waals surface area contributed by atoms with E-state index in [1.54, 1.807) is 6.20 Å². The van der Waals surface area contributed by atoms with Gasteiger partial charge in [-0.25, -0.2) is 0 Å². The number of rotatable bonds is 3. The zero-order valence-corrected chi connectivity index (χ0v) is 11.0. The summed E-state index contributed by atoms with van der Waals surface area (Å²) in [5, 5.41) is 10.4. The summed E-state index contributed by atoms with van der Waals surface area (Å²) in [6.45, 7) is 0. The fourth-order valence-electron chi connectivity index (χ4n) is 2.95. The smallest absolute Gasteiger partial charge is 0.0627 e. The Labute approximate surface area is 114 Å². The quantitative estimate of drug-likeness (QED) is 0.912. The number of fused-ring (bicyclic) bond motifs is 1. The van der Waals surface area contributed by atoms with Crippen molar-refractivity contribution in [3.8, 4) is 0 Å². The van der Waals surface area contributed by atoms with Crippen molar-refractivity contribution in [2.75, 3.05) is 0 Å². The molecule has 1 aromatic carbocycles. The first-order chi connectivity index (χ1) is 9.33. The third-order valence-corrected chi connectivity index (χ3v) is 4.07. The Morgan fingerprint density at radius 1 is 1.11 bits per heavy atom. The number of hydrogen-bond acceptors (Lipinski definition) is 2. The largest absolute Gasteiger partial charge is 0.392 e. The van der Waals surface area contributed by atoms with Crippen molar-refractivity contribution in [1.29, 1.82) is 0 Å². The average molecular weight is 253 g/mol. The summed E-state index contributed by atoms with van der Waals surface area (Å²) >= 11 is 0. The Morgan fingerprint density at radius 2 is 1.89 bits per heavy atom. The van der Waals surface area contributed by atoms with E-state index in [1.807, 2.05) is 18.2 Å². The van der Waals surface area contributed by atoms with Crippen LogP contribution in [-0.2, 0) is 19.3 Å². The summed E-state index contributed by atoms with van der Waals surface area (Å²) in [5.74, 6) is 0.358. The van der Waals surface area contributed by atoms with Gasteiger partial charge in [-0.15, -0.1) is 0 Å². The molecule has 1 aliphatic carbocycles. The molecule has 0 spiro atoms. The topological polar surface area (TPSA) is 33.1 Å². The van der Waals surface area contributed by atoms with Gasteiger partial charge in [0, 0.05) is 18.3 Å². The molecule has 19 heavy (non-hydrogen) atoms. The molecular formula is C17H19NO. The number of aromatic nitrogens is 1. The molecule has 2 unspecified atom stereocenters. The molecule has 0 fully saturated rings. The molecule has 0 bridgehead atoms. The Balaban J connectivity index is 1.68. The maximum atomic E-state index is 10.4. The molecule has 3 rings (SSSR count). The lowest BCUT2D eigenvalue weighted by molar-refractivity contribution is 0.0984. The number of pyridine rings is 1. The zero-order chi connectivity index (χ0) is 13.1. The molecule has 1 aliphatic rings. The van der Waals surface area contributed by atoms with E-state index >= 15 is 0 Å². The van der Waals surface area contributed by atoms with Gasteiger partial charge in [0.05, 0.1) is 6.10 Å². The van der Waals surface area contributed by atoms with Crippen molar-refractivity contribution >= 4 is 0 Å². The molecule has 0 aliphatic heterocycles. The monoisotopic (exact) mass is 253 g/mol. The number of aliphatic hydroxyl groups is 1. The van der Waals surface area contributed by atoms with Crippen LogP contribution < -0.4 is 0 Å². The van der Waals surface area contributed by atoms with Gasteiger partial charge in [-0.2, -0.15) is 0 Å². The number of hydrogen-bond donors (Lipinski definition) is 1. The van der Waals surface area contributed by atoms with Gasteiger partial charge in [-0.1, -0.05) is 30.3 Å². The van der Waals surface area contributed by atoms with E-state index < -0.39 is 0 Å². The first kappa shape index (κ1) is 12.4. The number of aryl methyl sites for hydroxylation is 1. The predicted molar refractivity (Wildman–Crippen MR) is 75.9 cm³/mol. The van der Waals surface area contributed by atoms with E-state index in [9.17, 15) is 5.11 Å². The Bertz CT molecular complexity index is 538. The highest BCUT2D eigenvalue weighted by Gasteiger charge is 2.24. The Hall–Kier alpha value is -1.67. The van der Waals surface area contributed by atoms with Gasteiger partial charge >= 0.3 is 0 Å². The lowest BCUT2D eigenvalue weighted by Gasteiger charge is -2.28. The maximum Gasteiger partial charge on any atom is 0.0627 e. The molecule has 1 aromatic heterocycles. The molecule has 98 valence electrons. The number of aliphatic hydroxyl groups excluding tert-OH is 1. The van der Waals surface area contributed by atoms with E-state index in [-0.39, 0.29) is 6.10 Å². The van der Waals surface area contributed by atoms with Crippen LogP contribution in [0.2, 0.25) is 0 Å². The molecule has 2 heteroatoms. The minimum atomic E-state index is -0.289. The molecule has 2 aromatic rings. The molecule has 1 N–H and O–H groups in total. The lowest BCUT2D eigenvalue weighted by Crippen LogP contribution is -2.28. The van der Waals surface area contributed by atoms with Crippen LogP contribution in [0.5, 0.6) is 0 Å². The SMILES string of the molecule is OC(Cc1ccccn1)C1CCc2ccccc2C1. The number of nitrogens with zero attached hydrogens (tertiary/aromatic N) is 1. The van der Waals surface area contributed by atoms with Crippen LogP contribution in [0.3, 0.4) is 0 Å². The first-order valence-corrected chi connectivity index (χ1v) is 6.97. The highest BCUT2D eigenvalue weighted by atomic mass is 16.3. The van der Waals surface area contributed by atoms with Crippen LogP contribution >= 0.6 is 0 Å². The normalized spacial score (nSPS) is 19.7. The van der Waals surface area contributed by atoms with Gasteiger partial charge in [0.2, 0.25) is 0 Å². The summed E-state index contributed by atoms with van der Waals surface area (Å²) in [6, 6.07) is 14.5. The molecule has 0 saturated carbocycles. The average Bonchev–Trinajstić information content (AvgIpc) is 2.48. The Kier molecular flexibility index (Phi) is 3.60. The van der Waals surface area contributed by atoms with Crippen LogP contribution in [0.4, 0.5) is 0 Å². The zero-order valence-electron chi connectivity index (χ0n) is 11.0. The fraction of sp³-hybridized carbons (Fsp3) is 0.353. The maximum absolute atomic E-state index is 10.4. The minimum Gasteiger partial charge on any atom is -0.392 e. The Morgan fingerprint density at radius 3 is 2.68 bits per heavy atom. The molecule has 1 heterocycles. The molecule has 2 nitrogen and oxygen atoms in total. The summed E-state index contributed by atoms with van der Waals surface area (Å²) in [4.78, 5) is 4.30. The van der Waals surface area contributed by atoms with Gasteiger partial charge < -0.3 is 5.11 Å². The fourth-order valence-corrected chi connectivity index (χ4v) is 2.95. The van der Waals surface area contributed by atoms with Crippen molar-refractivity contribution < 1.29 is 5.11 Å². The molecule has 0 radical (unpaired) electrons. The van der Waals surface area contributed by atoms with Crippen molar-refractivity contribution in [2.24, 2.45) is 5.92 Å². The summed E-state index contributed by atoms with van der Waals surface area (Å²) in [7, 11) is 0. The van der Waals surface area contributed by atoms with Crippen LogP contribution in [-0.4, -0.2) is 16.2 Å². The summed E-state index contributed by atoms with van der Waals surface area (Å²) < 4.78 is 0. The molecule has 0 amide bonds. The second-order valence-electron chi connectivity index (χ2n) is 5.36. The van der Waals surface area contributed by atoms with Crippen molar-refractivity contribution in [3.05, 3.63) is 65.5 Å². The summed E-state index contributed by atoms with van der Waals surface area (Å²) in [5.41, 5.74) is 3.83. The van der Waals surface area contributed by atoms with Gasteiger partial charge in [0.25, 0.3) is 0 Å². The van der Waals surface area contributed by atoms with Crippen LogP contribution in [0, 0.1) is 5.92 Å². The van der Waals surface area contributed by atoms with E-state index in [2.05, 4.69) is 29.2 Å². The van der Waals surface area contributed by atoms with Crippen LogP contribution in [0.15, 0.2) is 48.7 Å². The van der Waals surface area contributed by atoms with E-state index in [4.69, 9.17) is 0 Å². The van der Waals surface area contributed by atoms with Crippen molar-refractivity contribution in [1.82, 2.24) is 4.98 Å². The van der Waals surface area contributed by atoms with Gasteiger partial charge in [-0.3, -0.25) is 4.98 Å². The van der Waals surface area contributed by atoms with Crippen molar-refractivity contribution in [2.45, 2.75) is 31.8 Å². The second-order valence-corrected chi connectivity index (χ2v) is 5.36. The van der Waals surface area contributed by atoms with Gasteiger partial charge in [0.1, 0.15) is 0 Å². The molecule has 0 saturated heterocycles.